The number of alkyl carbamates (subject to hydrolysis) is 1. The summed E-state index contributed by atoms with van der Waals surface area (Å²) >= 11 is 0. The molecule has 1 aliphatic rings. The number of carbonyl (C=O) groups is 2. The van der Waals surface area contributed by atoms with Gasteiger partial charge in [0, 0.05) is 39.0 Å². The van der Waals surface area contributed by atoms with E-state index in [0.717, 1.165) is 24.8 Å². The highest BCUT2D eigenvalue weighted by Crippen LogP contribution is 2.40. The van der Waals surface area contributed by atoms with Crippen LogP contribution in [-0.4, -0.2) is 44.3 Å². The monoisotopic (exact) mass is 535 g/mol. The first-order valence-corrected chi connectivity index (χ1v) is 14.2. The van der Waals surface area contributed by atoms with Crippen LogP contribution < -0.4 is 10.1 Å². The van der Waals surface area contributed by atoms with Crippen LogP contribution in [0.25, 0.3) is 0 Å². The Bertz CT molecular complexity index is 895. The molecular formula is C31H50FNO5. The number of benzene rings is 1. The molecule has 1 saturated carbocycles. The Kier molecular flexibility index (Phi) is 12.5. The van der Waals surface area contributed by atoms with Gasteiger partial charge in [0.25, 0.3) is 0 Å². The highest BCUT2D eigenvalue weighted by Gasteiger charge is 2.39. The summed E-state index contributed by atoms with van der Waals surface area (Å²) in [5, 5.41) is 2.98. The van der Waals surface area contributed by atoms with Crippen LogP contribution in [0.1, 0.15) is 79.7 Å². The minimum atomic E-state index is -0.571. The van der Waals surface area contributed by atoms with Crippen molar-refractivity contribution in [3.63, 3.8) is 0 Å². The lowest BCUT2D eigenvalue weighted by Gasteiger charge is -2.31. The number of amides is 1. The van der Waals surface area contributed by atoms with E-state index in [0.29, 0.717) is 56.1 Å². The third kappa shape index (κ3) is 10.5. The summed E-state index contributed by atoms with van der Waals surface area (Å²) in [6, 6.07) is 5.11. The van der Waals surface area contributed by atoms with Crippen molar-refractivity contribution in [3.8, 4) is 5.75 Å². The molecule has 0 radical (unpaired) electrons. The number of halogens is 1. The molecule has 1 fully saturated rings. The van der Waals surface area contributed by atoms with Crippen molar-refractivity contribution >= 4 is 11.9 Å². The fourth-order valence-electron chi connectivity index (χ4n) is 5.38. The van der Waals surface area contributed by atoms with Crippen LogP contribution >= 0.6 is 0 Å². The lowest BCUT2D eigenvalue weighted by Crippen LogP contribution is -2.38. The number of Topliss-reactive ketones (excluding diaryl/α,β-unsaturated/α-hetero) is 1. The summed E-state index contributed by atoms with van der Waals surface area (Å²) in [6.45, 7) is 15.6. The van der Waals surface area contributed by atoms with E-state index in [-0.39, 0.29) is 29.3 Å². The summed E-state index contributed by atoms with van der Waals surface area (Å²) < 4.78 is 30.6. The minimum absolute atomic E-state index is 0.0800. The predicted octanol–water partition coefficient (Wildman–Crippen LogP) is 6.84. The fourth-order valence-corrected chi connectivity index (χ4v) is 5.38. The number of hydrogen-bond donors (Lipinski definition) is 1. The maximum Gasteiger partial charge on any atom is 0.407 e. The van der Waals surface area contributed by atoms with Gasteiger partial charge in [-0.05, 0) is 87.3 Å². The zero-order valence-corrected chi connectivity index (χ0v) is 24.8. The number of methoxy groups -OCH3 is 1. The summed E-state index contributed by atoms with van der Waals surface area (Å²) in [5.41, 5.74) is 0.450. The van der Waals surface area contributed by atoms with E-state index in [1.807, 2.05) is 26.8 Å². The zero-order valence-electron chi connectivity index (χ0n) is 24.8. The van der Waals surface area contributed by atoms with Crippen molar-refractivity contribution in [2.75, 3.05) is 26.9 Å². The van der Waals surface area contributed by atoms with Crippen LogP contribution in [-0.2, 0) is 20.7 Å². The second kappa shape index (κ2) is 14.9. The molecule has 7 heteroatoms. The standard InChI is InChI=1S/C31H50FNO5/c1-20(2)23(14-22-10-11-27(32)29(15-22)37-13-9-12-36-8)16-25(19-33-30(35)38-31(5,6)7)24-17-26(21(3)4)28(34)18-24/h10-11,15,20-21,23-26H,9,12-14,16-19H2,1-8H3,(H,33,35)/t23-,24+,25+,26-/m0/s1. The SMILES string of the molecule is COCCCOc1cc(C[C@@H](C[C@H](CNC(=O)OC(C)(C)C)[C@H]2CC(=O)[C@H](C(C)C)C2)C(C)C)ccc1F. The first kappa shape index (κ1) is 32.1. The maximum absolute atomic E-state index is 14.4. The topological polar surface area (TPSA) is 73.9 Å². The van der Waals surface area contributed by atoms with Gasteiger partial charge in [0.15, 0.2) is 11.6 Å². The lowest BCUT2D eigenvalue weighted by molar-refractivity contribution is -0.121. The minimum Gasteiger partial charge on any atom is -0.490 e. The van der Waals surface area contributed by atoms with E-state index in [9.17, 15) is 14.0 Å². The Morgan fingerprint density at radius 2 is 1.87 bits per heavy atom. The van der Waals surface area contributed by atoms with Crippen LogP contribution in [0.2, 0.25) is 0 Å². The maximum atomic E-state index is 14.4. The smallest absolute Gasteiger partial charge is 0.407 e. The van der Waals surface area contributed by atoms with Gasteiger partial charge in [-0.15, -0.1) is 0 Å². The number of hydrogen-bond acceptors (Lipinski definition) is 5. The molecule has 1 aliphatic carbocycles. The Labute approximate surface area is 229 Å². The summed E-state index contributed by atoms with van der Waals surface area (Å²) in [5.74, 6) is 1.66. The Balaban J connectivity index is 2.17. The van der Waals surface area contributed by atoms with Gasteiger partial charge in [-0.25, -0.2) is 9.18 Å². The van der Waals surface area contributed by atoms with E-state index in [1.54, 1.807) is 13.2 Å². The lowest BCUT2D eigenvalue weighted by atomic mass is 9.76. The molecule has 0 bridgehead atoms. The second-order valence-corrected chi connectivity index (χ2v) is 12.6. The molecule has 2 rings (SSSR count). The van der Waals surface area contributed by atoms with Crippen molar-refractivity contribution < 1.29 is 28.2 Å². The van der Waals surface area contributed by atoms with Gasteiger partial charge >= 0.3 is 6.09 Å². The van der Waals surface area contributed by atoms with Crippen molar-refractivity contribution in [2.24, 2.45) is 35.5 Å². The van der Waals surface area contributed by atoms with Crippen LogP contribution in [0.15, 0.2) is 18.2 Å². The first-order valence-electron chi connectivity index (χ1n) is 14.2. The second-order valence-electron chi connectivity index (χ2n) is 12.6. The third-order valence-corrected chi connectivity index (χ3v) is 7.60. The van der Waals surface area contributed by atoms with Crippen LogP contribution in [0.3, 0.4) is 0 Å². The molecular weight excluding hydrogens is 485 g/mol. The molecule has 1 aromatic rings. The van der Waals surface area contributed by atoms with Crippen molar-refractivity contribution in [2.45, 2.75) is 86.2 Å². The average molecular weight is 536 g/mol. The molecule has 1 N–H and O–H groups in total. The molecule has 4 atom stereocenters. The van der Waals surface area contributed by atoms with Gasteiger partial charge in [0.1, 0.15) is 11.4 Å². The molecule has 6 nitrogen and oxygen atoms in total. The van der Waals surface area contributed by atoms with Crippen molar-refractivity contribution in [3.05, 3.63) is 29.6 Å². The molecule has 216 valence electrons. The summed E-state index contributed by atoms with van der Waals surface area (Å²) in [4.78, 5) is 25.3. The molecule has 0 unspecified atom stereocenters. The van der Waals surface area contributed by atoms with Crippen LogP contribution in [0, 0.1) is 41.3 Å². The Morgan fingerprint density at radius 1 is 1.16 bits per heavy atom. The number of ketones is 1. The number of ether oxygens (including phenoxy) is 3. The van der Waals surface area contributed by atoms with E-state index in [4.69, 9.17) is 14.2 Å². The van der Waals surface area contributed by atoms with Gasteiger partial charge in [-0.3, -0.25) is 4.79 Å². The number of rotatable bonds is 14. The number of nitrogens with one attached hydrogen (secondary N) is 1. The zero-order chi connectivity index (χ0) is 28.5. The van der Waals surface area contributed by atoms with Gasteiger partial charge in [-0.2, -0.15) is 0 Å². The quantitative estimate of drug-likeness (QED) is 0.264. The Hall–Kier alpha value is -2.15. The van der Waals surface area contributed by atoms with E-state index in [2.05, 4.69) is 33.0 Å². The largest absolute Gasteiger partial charge is 0.490 e. The van der Waals surface area contributed by atoms with Gasteiger partial charge in [0.05, 0.1) is 6.61 Å². The Morgan fingerprint density at radius 3 is 2.45 bits per heavy atom. The van der Waals surface area contributed by atoms with E-state index in [1.165, 1.54) is 6.07 Å². The van der Waals surface area contributed by atoms with Crippen LogP contribution in [0.5, 0.6) is 5.75 Å². The molecule has 0 saturated heterocycles. The van der Waals surface area contributed by atoms with Crippen molar-refractivity contribution in [1.29, 1.82) is 0 Å². The summed E-state index contributed by atoms with van der Waals surface area (Å²) in [7, 11) is 1.63. The number of carbonyl (C=O) groups excluding carboxylic acids is 2. The fraction of sp³-hybridized carbons (Fsp3) is 0.742. The molecule has 0 aliphatic heterocycles. The predicted molar refractivity (Wildman–Crippen MR) is 149 cm³/mol. The highest BCUT2D eigenvalue weighted by atomic mass is 19.1. The molecule has 1 aromatic carbocycles. The average Bonchev–Trinajstić information content (AvgIpc) is 3.20. The normalized spacial score (nSPS) is 19.6. The molecule has 0 aromatic heterocycles. The van der Waals surface area contributed by atoms with Crippen LogP contribution in [0.4, 0.5) is 9.18 Å². The van der Waals surface area contributed by atoms with Gasteiger partial charge < -0.3 is 19.5 Å². The highest BCUT2D eigenvalue weighted by molar-refractivity contribution is 5.83. The van der Waals surface area contributed by atoms with E-state index >= 15 is 0 Å². The van der Waals surface area contributed by atoms with Crippen molar-refractivity contribution in [1.82, 2.24) is 5.32 Å². The van der Waals surface area contributed by atoms with E-state index < -0.39 is 11.7 Å². The molecule has 0 spiro atoms. The van der Waals surface area contributed by atoms with Gasteiger partial charge in [0.2, 0.25) is 0 Å². The molecule has 38 heavy (non-hydrogen) atoms. The first-order chi connectivity index (χ1) is 17.8. The van der Waals surface area contributed by atoms with Gasteiger partial charge in [-0.1, -0.05) is 33.8 Å². The third-order valence-electron chi connectivity index (χ3n) is 7.60. The summed E-state index contributed by atoms with van der Waals surface area (Å²) in [6.07, 6.45) is 3.31. The molecule has 1 amide bonds. The molecule has 0 heterocycles.